The average Bonchev–Trinajstić information content (AvgIpc) is 2.48. The quantitative estimate of drug-likeness (QED) is 0.663. The molecule has 0 aromatic rings. The molecular weight excluding hydrogens is 185 g/mol. The topological polar surface area (TPSA) is 46.3 Å². The van der Waals surface area contributed by atoms with Crippen LogP contribution in [0.15, 0.2) is 0 Å². The van der Waals surface area contributed by atoms with Crippen molar-refractivity contribution >= 4 is 5.91 Å². The van der Waals surface area contributed by atoms with Crippen molar-refractivity contribution in [3.8, 4) is 0 Å². The van der Waals surface area contributed by atoms with Crippen LogP contribution in [0.4, 0.5) is 13.2 Å². The summed E-state index contributed by atoms with van der Waals surface area (Å²) < 4.78 is 35.9. The molecule has 0 aromatic heterocycles. The Kier molecular flexibility index (Phi) is 2.80. The van der Waals surface area contributed by atoms with Gasteiger partial charge < -0.3 is 10.6 Å². The van der Waals surface area contributed by atoms with Crippen molar-refractivity contribution in [3.63, 3.8) is 0 Å². The lowest BCUT2D eigenvalue weighted by Crippen LogP contribution is -2.46. The molecule has 76 valence electrons. The molecule has 1 amide bonds. The number of likely N-dealkylation sites (tertiary alicyclic amines) is 1. The molecule has 1 rings (SSSR count). The maximum Gasteiger partial charge on any atom is 0.471 e. The molecule has 2 N–H and O–H groups in total. The van der Waals surface area contributed by atoms with Crippen molar-refractivity contribution < 1.29 is 18.0 Å². The number of hydrogen-bond donors (Lipinski definition) is 1. The van der Waals surface area contributed by atoms with E-state index in [1.807, 2.05) is 0 Å². The van der Waals surface area contributed by atoms with Gasteiger partial charge in [0.05, 0.1) is 0 Å². The highest BCUT2D eigenvalue weighted by Crippen LogP contribution is 2.24. The van der Waals surface area contributed by atoms with E-state index in [9.17, 15) is 18.0 Å². The maximum atomic E-state index is 12.0. The maximum absolute atomic E-state index is 12.0. The van der Waals surface area contributed by atoms with Crippen LogP contribution in [0.3, 0.4) is 0 Å². The van der Waals surface area contributed by atoms with E-state index >= 15 is 0 Å². The van der Waals surface area contributed by atoms with Crippen LogP contribution in [0, 0.1) is 0 Å². The molecule has 1 unspecified atom stereocenters. The molecule has 1 heterocycles. The van der Waals surface area contributed by atoms with Crippen LogP contribution in [-0.2, 0) is 4.79 Å². The normalized spacial score (nSPS) is 23.7. The van der Waals surface area contributed by atoms with Crippen LogP contribution in [-0.4, -0.2) is 36.1 Å². The summed E-state index contributed by atoms with van der Waals surface area (Å²) in [6, 6.07) is -0.436. The molecule has 0 saturated carbocycles. The monoisotopic (exact) mass is 196 g/mol. The Hall–Kier alpha value is -0.780. The van der Waals surface area contributed by atoms with Gasteiger partial charge in [0.15, 0.2) is 0 Å². The smallest absolute Gasteiger partial charge is 0.331 e. The van der Waals surface area contributed by atoms with Gasteiger partial charge in [-0.3, -0.25) is 4.79 Å². The fourth-order valence-electron chi connectivity index (χ4n) is 1.51. The predicted octanol–water partition coefficient (Wildman–Crippen LogP) is 0.498. The van der Waals surface area contributed by atoms with Crippen molar-refractivity contribution in [3.05, 3.63) is 0 Å². The predicted molar refractivity (Wildman–Crippen MR) is 39.8 cm³/mol. The highest BCUT2D eigenvalue weighted by atomic mass is 19.4. The number of carbonyl (C=O) groups is 1. The second kappa shape index (κ2) is 3.53. The first-order valence-electron chi connectivity index (χ1n) is 4.04. The van der Waals surface area contributed by atoms with Gasteiger partial charge in [0.2, 0.25) is 0 Å². The summed E-state index contributed by atoms with van der Waals surface area (Å²) in [4.78, 5) is 11.6. The molecule has 0 radical (unpaired) electrons. The number of hydrogen-bond acceptors (Lipinski definition) is 2. The Balaban J connectivity index is 2.66. The summed E-state index contributed by atoms with van der Waals surface area (Å²) in [6.07, 6.45) is -3.60. The molecule has 1 aliphatic heterocycles. The lowest BCUT2D eigenvalue weighted by Gasteiger charge is -2.24. The highest BCUT2D eigenvalue weighted by molar-refractivity contribution is 5.82. The van der Waals surface area contributed by atoms with E-state index in [1.165, 1.54) is 0 Å². The van der Waals surface area contributed by atoms with E-state index in [2.05, 4.69) is 0 Å². The zero-order valence-corrected chi connectivity index (χ0v) is 6.97. The molecule has 6 heteroatoms. The Morgan fingerprint density at radius 3 is 2.62 bits per heavy atom. The molecule has 13 heavy (non-hydrogen) atoms. The van der Waals surface area contributed by atoms with Gasteiger partial charge in [-0.15, -0.1) is 0 Å². The summed E-state index contributed by atoms with van der Waals surface area (Å²) in [5.41, 5.74) is 5.24. The second-order valence-corrected chi connectivity index (χ2v) is 3.03. The van der Waals surface area contributed by atoms with Crippen molar-refractivity contribution in [1.29, 1.82) is 0 Å². The molecule has 0 aromatic carbocycles. The highest BCUT2D eigenvalue weighted by Gasteiger charge is 2.45. The van der Waals surface area contributed by atoms with Gasteiger partial charge in [-0.25, -0.2) is 0 Å². The van der Waals surface area contributed by atoms with Crippen LogP contribution in [0.1, 0.15) is 12.8 Å². The number of halogens is 3. The number of carbonyl (C=O) groups excluding carboxylic acids is 1. The van der Waals surface area contributed by atoms with Gasteiger partial charge in [-0.2, -0.15) is 13.2 Å². The van der Waals surface area contributed by atoms with Crippen molar-refractivity contribution in [2.45, 2.75) is 25.1 Å². The van der Waals surface area contributed by atoms with E-state index in [4.69, 9.17) is 5.73 Å². The largest absolute Gasteiger partial charge is 0.471 e. The van der Waals surface area contributed by atoms with Crippen LogP contribution in [0.25, 0.3) is 0 Å². The van der Waals surface area contributed by atoms with E-state index in [0.29, 0.717) is 12.8 Å². The molecule has 0 aliphatic carbocycles. The molecule has 1 saturated heterocycles. The van der Waals surface area contributed by atoms with E-state index in [0.717, 1.165) is 4.90 Å². The third-order valence-corrected chi connectivity index (χ3v) is 2.15. The van der Waals surface area contributed by atoms with E-state index in [-0.39, 0.29) is 13.1 Å². The average molecular weight is 196 g/mol. The van der Waals surface area contributed by atoms with E-state index < -0.39 is 18.1 Å². The van der Waals surface area contributed by atoms with Gasteiger partial charge in [-0.05, 0) is 12.8 Å². The minimum Gasteiger partial charge on any atom is -0.331 e. The lowest BCUT2D eigenvalue weighted by molar-refractivity contribution is -0.186. The minimum absolute atomic E-state index is 0.0990. The summed E-state index contributed by atoms with van der Waals surface area (Å²) in [5.74, 6) is -1.76. The first-order chi connectivity index (χ1) is 5.96. The molecule has 1 atom stereocenters. The first-order valence-corrected chi connectivity index (χ1v) is 4.04. The van der Waals surface area contributed by atoms with Crippen molar-refractivity contribution in [1.82, 2.24) is 4.90 Å². The second-order valence-electron chi connectivity index (χ2n) is 3.03. The Labute approximate surface area is 73.7 Å². The zero-order valence-electron chi connectivity index (χ0n) is 6.97. The standard InChI is InChI=1S/C7H11F3N2O/c8-7(9,10)6(13)12-3-1-2-5(12)4-11/h5H,1-4,11H2. The summed E-state index contributed by atoms with van der Waals surface area (Å²) >= 11 is 0. The van der Waals surface area contributed by atoms with Crippen LogP contribution >= 0.6 is 0 Å². The van der Waals surface area contributed by atoms with Gasteiger partial charge in [-0.1, -0.05) is 0 Å². The van der Waals surface area contributed by atoms with Gasteiger partial charge >= 0.3 is 12.1 Å². The molecular formula is C7H11F3N2O. The molecule has 0 spiro atoms. The van der Waals surface area contributed by atoms with Crippen LogP contribution in [0.5, 0.6) is 0 Å². The van der Waals surface area contributed by atoms with Gasteiger partial charge in [0.1, 0.15) is 0 Å². The molecule has 1 aliphatic rings. The number of nitrogens with two attached hydrogens (primary N) is 1. The lowest BCUT2D eigenvalue weighted by atomic mass is 10.2. The fourth-order valence-corrected chi connectivity index (χ4v) is 1.51. The fraction of sp³-hybridized carbons (Fsp3) is 0.857. The van der Waals surface area contributed by atoms with E-state index in [1.54, 1.807) is 0 Å². The number of alkyl halides is 3. The van der Waals surface area contributed by atoms with Gasteiger partial charge in [0, 0.05) is 19.1 Å². The Bertz CT molecular complexity index is 204. The Morgan fingerprint density at radius 2 is 2.15 bits per heavy atom. The van der Waals surface area contributed by atoms with Crippen molar-refractivity contribution in [2.24, 2.45) is 5.73 Å². The third kappa shape index (κ3) is 2.12. The minimum atomic E-state index is -4.77. The summed E-state index contributed by atoms with van der Waals surface area (Å²) in [5, 5.41) is 0. The van der Waals surface area contributed by atoms with Gasteiger partial charge in [0.25, 0.3) is 0 Å². The molecule has 1 fully saturated rings. The van der Waals surface area contributed by atoms with Crippen LogP contribution in [0.2, 0.25) is 0 Å². The third-order valence-electron chi connectivity index (χ3n) is 2.15. The molecule has 0 bridgehead atoms. The molecule has 3 nitrogen and oxygen atoms in total. The summed E-state index contributed by atoms with van der Waals surface area (Å²) in [6.45, 7) is 0.266. The SMILES string of the molecule is NCC1CCCN1C(=O)C(F)(F)F. The summed E-state index contributed by atoms with van der Waals surface area (Å²) in [7, 11) is 0. The Morgan fingerprint density at radius 1 is 1.54 bits per heavy atom. The number of nitrogens with zero attached hydrogens (tertiary/aromatic N) is 1. The zero-order chi connectivity index (χ0) is 10.1. The number of rotatable bonds is 1. The van der Waals surface area contributed by atoms with Crippen molar-refractivity contribution in [2.75, 3.05) is 13.1 Å². The number of amides is 1. The van der Waals surface area contributed by atoms with Crippen LogP contribution < -0.4 is 5.73 Å². The first kappa shape index (κ1) is 10.3.